The zero-order valence-corrected chi connectivity index (χ0v) is 14.3. The summed E-state index contributed by atoms with van der Waals surface area (Å²) >= 11 is 1.66. The lowest BCUT2D eigenvalue weighted by Crippen LogP contribution is -2.42. The third kappa shape index (κ3) is 3.55. The summed E-state index contributed by atoms with van der Waals surface area (Å²) in [6.07, 6.45) is 3.49. The largest absolute Gasteiger partial charge is 0.468 e. The first kappa shape index (κ1) is 15.9. The van der Waals surface area contributed by atoms with E-state index < -0.39 is 0 Å². The van der Waals surface area contributed by atoms with Crippen LogP contribution in [0.4, 0.5) is 0 Å². The van der Waals surface area contributed by atoms with Gasteiger partial charge in [-0.3, -0.25) is 9.69 Å². The molecule has 4 heterocycles. The van der Waals surface area contributed by atoms with Crippen LogP contribution < -0.4 is 5.32 Å². The Bertz CT molecular complexity index is 656. The van der Waals surface area contributed by atoms with Crippen LogP contribution in [0, 0.1) is 5.92 Å². The quantitative estimate of drug-likeness (QED) is 0.904. The van der Waals surface area contributed by atoms with Gasteiger partial charge in [0.1, 0.15) is 11.9 Å². The molecule has 0 saturated carbocycles. The highest BCUT2D eigenvalue weighted by atomic mass is 32.1. The lowest BCUT2D eigenvalue weighted by Gasteiger charge is -2.33. The van der Waals surface area contributed by atoms with Gasteiger partial charge < -0.3 is 14.5 Å². The molecule has 5 nitrogen and oxygen atoms in total. The van der Waals surface area contributed by atoms with E-state index in [9.17, 15) is 4.79 Å². The lowest BCUT2D eigenvalue weighted by molar-refractivity contribution is -0.133. The van der Waals surface area contributed by atoms with Crippen LogP contribution in [0.3, 0.4) is 0 Å². The summed E-state index contributed by atoms with van der Waals surface area (Å²) in [6, 6.07) is 7.96. The normalized spacial score (nSPS) is 27.1. The third-order valence-corrected chi connectivity index (χ3v) is 5.78. The SMILES string of the molecule is O=C(NCc1cccs1)[C@@H]1C[C@@H]2CCN(Cc3ccco3)C[C@H]2O1. The number of likely N-dealkylation sites (tertiary alicyclic amines) is 1. The average Bonchev–Trinajstić information content (AvgIpc) is 3.33. The molecule has 2 fully saturated rings. The molecule has 128 valence electrons. The number of hydrogen-bond donors (Lipinski definition) is 1. The van der Waals surface area contributed by atoms with E-state index in [4.69, 9.17) is 9.15 Å². The zero-order chi connectivity index (χ0) is 16.4. The Morgan fingerprint density at radius 2 is 2.33 bits per heavy atom. The third-order valence-electron chi connectivity index (χ3n) is 4.90. The average molecular weight is 346 g/mol. The predicted octanol–water partition coefficient (Wildman–Crippen LogP) is 2.64. The number of furan rings is 1. The van der Waals surface area contributed by atoms with E-state index in [1.807, 2.05) is 29.6 Å². The Balaban J connectivity index is 1.28. The Labute approximate surface area is 145 Å². The van der Waals surface area contributed by atoms with Crippen molar-refractivity contribution in [1.29, 1.82) is 0 Å². The minimum absolute atomic E-state index is 0.0235. The van der Waals surface area contributed by atoms with Crippen LogP contribution in [0.15, 0.2) is 40.3 Å². The number of amides is 1. The van der Waals surface area contributed by atoms with Gasteiger partial charge in [0, 0.05) is 11.4 Å². The van der Waals surface area contributed by atoms with E-state index >= 15 is 0 Å². The van der Waals surface area contributed by atoms with Gasteiger partial charge >= 0.3 is 0 Å². The van der Waals surface area contributed by atoms with Crippen LogP contribution in [0.5, 0.6) is 0 Å². The van der Waals surface area contributed by atoms with E-state index in [1.54, 1.807) is 17.6 Å². The molecule has 3 atom stereocenters. The summed E-state index contributed by atoms with van der Waals surface area (Å²) in [6.45, 7) is 3.32. The Kier molecular flexibility index (Phi) is 4.69. The molecule has 4 rings (SSSR count). The summed E-state index contributed by atoms with van der Waals surface area (Å²) < 4.78 is 11.5. The van der Waals surface area contributed by atoms with Gasteiger partial charge in [-0.2, -0.15) is 0 Å². The topological polar surface area (TPSA) is 54.7 Å². The molecule has 2 aromatic heterocycles. The number of ether oxygens (including phenoxy) is 1. The number of piperidine rings is 1. The van der Waals surface area contributed by atoms with Gasteiger partial charge in [0.15, 0.2) is 0 Å². The number of thiophene rings is 1. The maximum absolute atomic E-state index is 12.4. The summed E-state index contributed by atoms with van der Waals surface area (Å²) in [5, 5.41) is 5.03. The number of fused-ring (bicyclic) bond motifs is 1. The minimum atomic E-state index is -0.302. The van der Waals surface area contributed by atoms with E-state index in [-0.39, 0.29) is 18.1 Å². The molecule has 0 unspecified atom stereocenters. The lowest BCUT2D eigenvalue weighted by atomic mass is 9.91. The Hall–Kier alpha value is -1.63. The predicted molar refractivity (Wildman–Crippen MR) is 91.5 cm³/mol. The molecule has 0 aromatic carbocycles. The number of nitrogens with one attached hydrogen (secondary N) is 1. The highest BCUT2D eigenvalue weighted by molar-refractivity contribution is 7.09. The van der Waals surface area contributed by atoms with E-state index in [0.717, 1.165) is 38.2 Å². The van der Waals surface area contributed by atoms with Crippen molar-refractivity contribution in [2.45, 2.75) is 38.1 Å². The number of carbonyl (C=O) groups is 1. The van der Waals surface area contributed by atoms with Crippen molar-refractivity contribution in [1.82, 2.24) is 10.2 Å². The van der Waals surface area contributed by atoms with Crippen molar-refractivity contribution >= 4 is 17.2 Å². The van der Waals surface area contributed by atoms with Crippen LogP contribution in [0.1, 0.15) is 23.5 Å². The van der Waals surface area contributed by atoms with Gasteiger partial charge in [0.2, 0.25) is 5.91 Å². The molecule has 0 spiro atoms. The van der Waals surface area contributed by atoms with Crippen LogP contribution in [0.25, 0.3) is 0 Å². The highest BCUT2D eigenvalue weighted by Crippen LogP contribution is 2.33. The zero-order valence-electron chi connectivity index (χ0n) is 13.5. The molecule has 0 radical (unpaired) electrons. The van der Waals surface area contributed by atoms with Crippen molar-refractivity contribution < 1.29 is 13.9 Å². The maximum Gasteiger partial charge on any atom is 0.249 e. The second-order valence-electron chi connectivity index (χ2n) is 6.56. The van der Waals surface area contributed by atoms with Gasteiger partial charge in [0.25, 0.3) is 0 Å². The maximum atomic E-state index is 12.4. The Morgan fingerprint density at radius 1 is 1.38 bits per heavy atom. The van der Waals surface area contributed by atoms with Gasteiger partial charge in [-0.1, -0.05) is 6.07 Å². The fourth-order valence-corrected chi connectivity index (χ4v) is 4.28. The van der Waals surface area contributed by atoms with Crippen molar-refractivity contribution in [2.75, 3.05) is 13.1 Å². The van der Waals surface area contributed by atoms with Gasteiger partial charge in [0.05, 0.1) is 25.5 Å². The van der Waals surface area contributed by atoms with Crippen molar-refractivity contribution in [2.24, 2.45) is 5.92 Å². The Morgan fingerprint density at radius 3 is 3.12 bits per heavy atom. The first-order chi connectivity index (χ1) is 11.8. The molecule has 2 aliphatic heterocycles. The molecule has 0 aliphatic carbocycles. The first-order valence-corrected chi connectivity index (χ1v) is 9.36. The van der Waals surface area contributed by atoms with Gasteiger partial charge in [-0.05, 0) is 48.9 Å². The monoisotopic (exact) mass is 346 g/mol. The van der Waals surface area contributed by atoms with Gasteiger partial charge in [-0.25, -0.2) is 0 Å². The van der Waals surface area contributed by atoms with Crippen molar-refractivity contribution in [3.63, 3.8) is 0 Å². The van der Waals surface area contributed by atoms with Crippen LogP contribution in [-0.2, 0) is 22.6 Å². The van der Waals surface area contributed by atoms with Crippen molar-refractivity contribution in [3.8, 4) is 0 Å². The van der Waals surface area contributed by atoms with Crippen molar-refractivity contribution in [3.05, 3.63) is 46.5 Å². The minimum Gasteiger partial charge on any atom is -0.468 e. The number of carbonyl (C=O) groups excluding carboxylic acids is 1. The molecule has 2 saturated heterocycles. The summed E-state index contributed by atoms with van der Waals surface area (Å²) in [5.74, 6) is 1.50. The first-order valence-electron chi connectivity index (χ1n) is 8.48. The summed E-state index contributed by atoms with van der Waals surface area (Å²) in [7, 11) is 0. The molecular weight excluding hydrogens is 324 g/mol. The van der Waals surface area contributed by atoms with Crippen LogP contribution in [-0.4, -0.2) is 36.1 Å². The molecular formula is C18H22N2O3S. The fourth-order valence-electron chi connectivity index (χ4n) is 3.63. The summed E-state index contributed by atoms with van der Waals surface area (Å²) in [5.41, 5.74) is 0. The van der Waals surface area contributed by atoms with Gasteiger partial charge in [-0.15, -0.1) is 11.3 Å². The molecule has 1 amide bonds. The standard InChI is InChI=1S/C18H22N2O3S/c21-18(19-10-15-4-2-8-24-15)16-9-13-5-6-20(12-17(13)23-16)11-14-3-1-7-22-14/h1-4,7-8,13,16-17H,5-6,9-12H2,(H,19,21)/t13-,16-,17+/m0/s1. The molecule has 2 aromatic rings. The molecule has 2 aliphatic rings. The van der Waals surface area contributed by atoms with E-state index in [1.165, 1.54) is 4.88 Å². The number of nitrogens with zero attached hydrogens (tertiary/aromatic N) is 1. The number of hydrogen-bond acceptors (Lipinski definition) is 5. The summed E-state index contributed by atoms with van der Waals surface area (Å²) in [4.78, 5) is 15.9. The van der Waals surface area contributed by atoms with E-state index in [0.29, 0.717) is 12.5 Å². The van der Waals surface area contributed by atoms with Crippen LogP contribution >= 0.6 is 11.3 Å². The fraction of sp³-hybridized carbons (Fsp3) is 0.500. The smallest absolute Gasteiger partial charge is 0.249 e. The van der Waals surface area contributed by atoms with Crippen LogP contribution in [0.2, 0.25) is 0 Å². The molecule has 0 bridgehead atoms. The molecule has 1 N–H and O–H groups in total. The second-order valence-corrected chi connectivity index (χ2v) is 7.59. The second kappa shape index (κ2) is 7.09. The molecule has 6 heteroatoms. The molecule has 24 heavy (non-hydrogen) atoms. The highest BCUT2D eigenvalue weighted by Gasteiger charge is 2.41. The van der Waals surface area contributed by atoms with E-state index in [2.05, 4.69) is 10.2 Å². The number of rotatable bonds is 5.